The van der Waals surface area contributed by atoms with Crippen LogP contribution in [0, 0.1) is 0 Å². The summed E-state index contributed by atoms with van der Waals surface area (Å²) in [5.74, 6) is 0. The monoisotopic (exact) mass is 344 g/mol. The molecule has 0 aromatic heterocycles. The van der Waals surface area contributed by atoms with Gasteiger partial charge in [0.25, 0.3) is 0 Å². The van der Waals surface area contributed by atoms with Crippen molar-refractivity contribution in [1.82, 2.24) is 0 Å². The molecule has 0 N–H and O–H groups in total. The van der Waals surface area contributed by atoms with E-state index in [0.29, 0.717) is 9.73 Å². The summed E-state index contributed by atoms with van der Waals surface area (Å²) in [6.45, 7) is 0. The van der Waals surface area contributed by atoms with Gasteiger partial charge in [0.15, 0.2) is 0 Å². The average molecular weight is 345 g/mol. The van der Waals surface area contributed by atoms with E-state index in [0.717, 1.165) is 35.4 Å². The number of rotatable bonds is 0. The molecule has 1 rings (SSSR count). The van der Waals surface area contributed by atoms with Gasteiger partial charge in [-0.05, 0) is 25.7 Å². The predicted molar refractivity (Wildman–Crippen MR) is 106 cm³/mol. The Labute approximate surface area is 145 Å². The zero-order valence-electron chi connectivity index (χ0n) is 12.1. The third-order valence-electron chi connectivity index (χ3n) is 3.77. The van der Waals surface area contributed by atoms with E-state index in [4.69, 9.17) is 48.9 Å². The summed E-state index contributed by atoms with van der Waals surface area (Å²) in [5.41, 5.74) is 0. The molecular weight excluding hydrogens is 320 g/mol. The van der Waals surface area contributed by atoms with Crippen LogP contribution in [0.4, 0.5) is 0 Å². The van der Waals surface area contributed by atoms with E-state index in [-0.39, 0.29) is 0 Å². The Kier molecular flexibility index (Phi) is 10.1. The Balaban J connectivity index is 2.50. The fraction of sp³-hybridized carbons (Fsp3) is 0.750. The van der Waals surface area contributed by atoms with Crippen LogP contribution in [0.25, 0.3) is 0 Å². The first-order valence-corrected chi connectivity index (χ1v) is 9.41. The normalized spacial score (nSPS) is 22.0. The predicted octanol–water partition coefficient (Wildman–Crippen LogP) is 6.16. The first-order chi connectivity index (χ1) is 9.63. The molecule has 1 aliphatic rings. The summed E-state index contributed by atoms with van der Waals surface area (Å²) in [5, 5.41) is 0. The van der Waals surface area contributed by atoms with Crippen molar-refractivity contribution in [3.8, 4) is 0 Å². The summed E-state index contributed by atoms with van der Waals surface area (Å²) < 4.78 is 0. The second-order valence-corrected chi connectivity index (χ2v) is 7.34. The maximum Gasteiger partial charge on any atom is 0.0708 e. The number of hydrogen-bond acceptors (Lipinski definition) is 4. The molecule has 4 heteroatoms. The third-order valence-corrected chi connectivity index (χ3v) is 5.88. The lowest BCUT2D eigenvalue weighted by Crippen LogP contribution is -2.25. The first kappa shape index (κ1) is 18.4. The molecule has 0 aliphatic heterocycles. The highest BCUT2D eigenvalue weighted by atomic mass is 32.1. The highest BCUT2D eigenvalue weighted by molar-refractivity contribution is 7.98. The van der Waals surface area contributed by atoms with Crippen LogP contribution in [0.3, 0.4) is 0 Å². The maximum atomic E-state index is 5.41. The van der Waals surface area contributed by atoms with Gasteiger partial charge >= 0.3 is 0 Å². The summed E-state index contributed by atoms with van der Waals surface area (Å²) in [6, 6.07) is 0. The van der Waals surface area contributed by atoms with Crippen molar-refractivity contribution in [3.05, 3.63) is 0 Å². The number of hydrogen-bond donors (Lipinski definition) is 0. The van der Waals surface area contributed by atoms with Crippen LogP contribution < -0.4 is 0 Å². The smallest absolute Gasteiger partial charge is 0.0708 e. The fourth-order valence-corrected chi connectivity index (χ4v) is 3.54. The van der Waals surface area contributed by atoms with E-state index in [1.807, 2.05) is 0 Å². The molecule has 0 spiro atoms. The first-order valence-electron chi connectivity index (χ1n) is 7.77. The minimum Gasteiger partial charge on any atom is -0.0833 e. The molecule has 1 fully saturated rings. The molecule has 0 radical (unpaired) electrons. The standard InChI is InChI=1S/C16H24S4/c17-13-11-9-7-5-3-1-2-4-6-8-10-12-14(18)16(20)15(13)19/h1-12H2. The van der Waals surface area contributed by atoms with E-state index in [9.17, 15) is 0 Å². The average Bonchev–Trinajstić information content (AvgIpc) is 2.45. The van der Waals surface area contributed by atoms with E-state index in [2.05, 4.69) is 0 Å². The summed E-state index contributed by atoms with van der Waals surface area (Å²) in [4.78, 5) is 3.04. The van der Waals surface area contributed by atoms with Crippen molar-refractivity contribution in [2.45, 2.75) is 77.0 Å². The molecule has 0 bridgehead atoms. The zero-order chi connectivity index (χ0) is 14.8. The molecule has 1 aliphatic carbocycles. The lowest BCUT2D eigenvalue weighted by Gasteiger charge is -2.10. The van der Waals surface area contributed by atoms with Crippen LogP contribution in [-0.2, 0) is 0 Å². The van der Waals surface area contributed by atoms with Gasteiger partial charge in [-0.15, -0.1) is 0 Å². The third kappa shape index (κ3) is 7.39. The summed E-state index contributed by atoms with van der Waals surface area (Å²) in [6.07, 6.45) is 14.7. The lowest BCUT2D eigenvalue weighted by molar-refractivity contribution is 0.557. The second-order valence-electron chi connectivity index (χ2n) is 5.54. The molecule has 0 aromatic rings. The van der Waals surface area contributed by atoms with E-state index < -0.39 is 0 Å². The Morgan fingerprint density at radius 2 is 0.650 bits per heavy atom. The van der Waals surface area contributed by atoms with Gasteiger partial charge < -0.3 is 0 Å². The summed E-state index contributed by atoms with van der Waals surface area (Å²) >= 11 is 21.6. The van der Waals surface area contributed by atoms with Crippen molar-refractivity contribution < 1.29 is 0 Å². The minimum absolute atomic E-state index is 0.673. The SMILES string of the molecule is S=C1CCCCCCCCCCCCC(=S)C(=S)C1=S. The van der Waals surface area contributed by atoms with E-state index in [1.54, 1.807) is 0 Å². The Hall–Kier alpha value is 0.360. The molecule has 0 atom stereocenters. The van der Waals surface area contributed by atoms with Crippen molar-refractivity contribution >= 4 is 68.3 Å². The van der Waals surface area contributed by atoms with Crippen LogP contribution in [0.15, 0.2) is 0 Å². The quantitative estimate of drug-likeness (QED) is 0.482. The van der Waals surface area contributed by atoms with Gasteiger partial charge in [0.2, 0.25) is 0 Å². The van der Waals surface area contributed by atoms with Gasteiger partial charge in [0, 0.05) is 9.73 Å². The molecule has 112 valence electrons. The lowest BCUT2D eigenvalue weighted by atomic mass is 10.0. The van der Waals surface area contributed by atoms with Crippen molar-refractivity contribution in [2.24, 2.45) is 0 Å². The van der Waals surface area contributed by atoms with E-state index in [1.165, 1.54) is 51.4 Å². The largest absolute Gasteiger partial charge is 0.0833 e. The Morgan fingerprint density at radius 1 is 0.400 bits per heavy atom. The van der Waals surface area contributed by atoms with Gasteiger partial charge in [-0.3, -0.25) is 0 Å². The zero-order valence-corrected chi connectivity index (χ0v) is 15.4. The molecule has 0 nitrogen and oxygen atoms in total. The Morgan fingerprint density at radius 3 is 0.950 bits per heavy atom. The topological polar surface area (TPSA) is 0 Å². The highest BCUT2D eigenvalue weighted by Gasteiger charge is 2.14. The maximum absolute atomic E-state index is 5.41. The molecule has 0 amide bonds. The van der Waals surface area contributed by atoms with Crippen LogP contribution >= 0.6 is 48.9 Å². The van der Waals surface area contributed by atoms with Crippen molar-refractivity contribution in [1.29, 1.82) is 0 Å². The second kappa shape index (κ2) is 11.0. The van der Waals surface area contributed by atoms with Gasteiger partial charge in [-0.2, -0.15) is 0 Å². The van der Waals surface area contributed by atoms with Crippen molar-refractivity contribution in [2.75, 3.05) is 0 Å². The molecule has 0 aromatic carbocycles. The van der Waals surface area contributed by atoms with Crippen LogP contribution in [0.1, 0.15) is 77.0 Å². The van der Waals surface area contributed by atoms with E-state index >= 15 is 0 Å². The minimum atomic E-state index is 0.673. The molecule has 0 saturated heterocycles. The fourth-order valence-electron chi connectivity index (χ4n) is 2.47. The molecule has 20 heavy (non-hydrogen) atoms. The van der Waals surface area contributed by atoms with Gasteiger partial charge in [0.05, 0.1) is 9.73 Å². The van der Waals surface area contributed by atoms with Crippen LogP contribution in [0.5, 0.6) is 0 Å². The molecular formula is C16H24S4. The summed E-state index contributed by atoms with van der Waals surface area (Å²) in [7, 11) is 0. The Bertz CT molecular complexity index is 335. The van der Waals surface area contributed by atoms with Crippen molar-refractivity contribution in [3.63, 3.8) is 0 Å². The highest BCUT2D eigenvalue weighted by Crippen LogP contribution is 2.14. The van der Waals surface area contributed by atoms with Crippen LogP contribution in [-0.4, -0.2) is 19.5 Å². The number of thiocarbonyl (C=S) groups is 4. The molecule has 0 unspecified atom stereocenters. The molecule has 1 saturated carbocycles. The van der Waals surface area contributed by atoms with Gasteiger partial charge in [-0.1, -0.05) is 100 Å². The van der Waals surface area contributed by atoms with Crippen LogP contribution in [0.2, 0.25) is 0 Å². The molecule has 0 heterocycles. The van der Waals surface area contributed by atoms with Gasteiger partial charge in [-0.25, -0.2) is 0 Å². The van der Waals surface area contributed by atoms with Gasteiger partial charge in [0.1, 0.15) is 0 Å².